The van der Waals surface area contributed by atoms with Crippen LogP contribution in [0.25, 0.3) is 0 Å². The van der Waals surface area contributed by atoms with Crippen molar-refractivity contribution in [3.63, 3.8) is 0 Å². The molecule has 0 heterocycles. The smallest absolute Gasteiger partial charge is 0.0521 e. The molecule has 0 aromatic heterocycles. The largest absolute Gasteiger partial charge is 0.344 e. The van der Waals surface area contributed by atoms with Gasteiger partial charge in [0.25, 0.3) is 0 Å². The molecule has 0 atom stereocenters. The fraction of sp³-hybridized carbons (Fsp3) is 1.00. The summed E-state index contributed by atoms with van der Waals surface area (Å²) < 4.78 is 0. The molecular weight excluding hydrogens is 104 g/mol. The molecule has 0 unspecified atom stereocenters. The van der Waals surface area contributed by atoms with E-state index in [2.05, 4.69) is 0 Å². The first-order chi connectivity index (χ1) is 3.27. The summed E-state index contributed by atoms with van der Waals surface area (Å²) in [5.74, 6) is 0. The summed E-state index contributed by atoms with van der Waals surface area (Å²) in [5, 5.41) is 0. The van der Waals surface area contributed by atoms with Gasteiger partial charge in [-0.15, -0.1) is 0 Å². The van der Waals surface area contributed by atoms with Gasteiger partial charge in [-0.3, -0.25) is 0 Å². The third kappa shape index (κ3) is 9.28. The van der Waals surface area contributed by atoms with E-state index in [0.717, 1.165) is 12.8 Å². The van der Waals surface area contributed by atoms with Crippen LogP contribution in [-0.4, -0.2) is 12.7 Å². The van der Waals surface area contributed by atoms with Crippen molar-refractivity contribution in [2.45, 2.75) is 19.0 Å². The molecule has 4 heteroatoms. The fourth-order valence-corrected chi connectivity index (χ4v) is 0.354. The topological polar surface area (TPSA) is 113 Å². The van der Waals surface area contributed by atoms with Gasteiger partial charge in [-0.05, 0) is 19.4 Å². The van der Waals surface area contributed by atoms with Crippen LogP contribution in [0, 0.1) is 0 Å². The zero-order valence-corrected chi connectivity index (χ0v) is 5.14. The Morgan fingerprint density at radius 2 is 1.75 bits per heavy atom. The summed E-state index contributed by atoms with van der Waals surface area (Å²) >= 11 is 0. The van der Waals surface area contributed by atoms with Crippen molar-refractivity contribution < 1.29 is 0 Å². The Hall–Kier alpha value is -0.160. The lowest BCUT2D eigenvalue weighted by Gasteiger charge is -2.00. The Labute approximate surface area is 50.0 Å². The fourth-order valence-electron chi connectivity index (χ4n) is 0.354. The predicted octanol–water partition coefficient (Wildman–Crippen LogP) is -0.869. The van der Waals surface area contributed by atoms with Crippen LogP contribution >= 0.6 is 0 Å². The maximum absolute atomic E-state index is 5.20. The van der Waals surface area contributed by atoms with E-state index in [9.17, 15) is 0 Å². The number of hydrogen-bond donors (Lipinski definition) is 4. The molecule has 0 saturated carbocycles. The van der Waals surface area contributed by atoms with E-state index in [1.807, 2.05) is 0 Å². The van der Waals surface area contributed by atoms with Gasteiger partial charge >= 0.3 is 0 Å². The molecule has 0 aliphatic heterocycles. The van der Waals surface area contributed by atoms with Gasteiger partial charge in [-0.1, -0.05) is 0 Å². The number of hydrogen-bond acceptors (Lipinski definition) is 4. The first-order valence-electron chi connectivity index (χ1n) is 2.48. The highest BCUT2D eigenvalue weighted by Gasteiger charge is 1.88. The molecule has 0 radical (unpaired) electrons. The molecule has 0 aromatic rings. The van der Waals surface area contributed by atoms with Crippen LogP contribution in [0.2, 0.25) is 0 Å². The molecular formula is C4H16N4. The third-order valence-corrected chi connectivity index (χ3v) is 0.742. The van der Waals surface area contributed by atoms with Gasteiger partial charge < -0.3 is 23.4 Å². The van der Waals surface area contributed by atoms with E-state index in [4.69, 9.17) is 17.2 Å². The minimum atomic E-state index is -0.177. The summed E-state index contributed by atoms with van der Waals surface area (Å²) in [6.45, 7) is 0.685. The minimum absolute atomic E-state index is 0. The molecule has 8 heavy (non-hydrogen) atoms. The van der Waals surface area contributed by atoms with Crippen LogP contribution in [0.1, 0.15) is 12.8 Å². The van der Waals surface area contributed by atoms with E-state index in [-0.39, 0.29) is 12.3 Å². The van der Waals surface area contributed by atoms with Crippen LogP contribution in [-0.2, 0) is 0 Å². The van der Waals surface area contributed by atoms with Crippen LogP contribution in [0.3, 0.4) is 0 Å². The highest BCUT2D eigenvalue weighted by molar-refractivity contribution is 4.49. The molecule has 0 aliphatic carbocycles. The first-order valence-corrected chi connectivity index (χ1v) is 2.48. The van der Waals surface area contributed by atoms with Crippen LogP contribution in [0.5, 0.6) is 0 Å². The van der Waals surface area contributed by atoms with Crippen molar-refractivity contribution in [3.8, 4) is 0 Å². The Balaban J connectivity index is 0. The van der Waals surface area contributed by atoms with E-state index < -0.39 is 0 Å². The third-order valence-electron chi connectivity index (χ3n) is 0.742. The summed E-state index contributed by atoms with van der Waals surface area (Å²) in [4.78, 5) is 0. The Morgan fingerprint density at radius 1 is 1.25 bits per heavy atom. The average Bonchev–Trinajstić information content (AvgIpc) is 1.61. The molecule has 9 N–H and O–H groups in total. The summed E-state index contributed by atoms with van der Waals surface area (Å²) in [7, 11) is 0. The lowest BCUT2D eigenvalue weighted by molar-refractivity contribution is 0.609. The molecule has 4 nitrogen and oxygen atoms in total. The summed E-state index contributed by atoms with van der Waals surface area (Å²) in [5.41, 5.74) is 15.6. The maximum atomic E-state index is 5.20. The van der Waals surface area contributed by atoms with Crippen molar-refractivity contribution in [2.24, 2.45) is 17.2 Å². The second-order valence-electron chi connectivity index (χ2n) is 1.59. The van der Waals surface area contributed by atoms with Gasteiger partial charge in [0.2, 0.25) is 0 Å². The average molecular weight is 120 g/mol. The molecule has 0 aromatic carbocycles. The Morgan fingerprint density at radius 3 is 1.88 bits per heavy atom. The van der Waals surface area contributed by atoms with E-state index in [1.165, 1.54) is 0 Å². The van der Waals surface area contributed by atoms with E-state index in [1.54, 1.807) is 0 Å². The van der Waals surface area contributed by atoms with Crippen molar-refractivity contribution in [2.75, 3.05) is 6.54 Å². The number of nitrogens with two attached hydrogens (primary N) is 3. The molecule has 0 aliphatic rings. The highest BCUT2D eigenvalue weighted by Crippen LogP contribution is 1.83. The standard InChI is InChI=1S/C4H13N3.H3N/c5-3-1-2-4(6)7;/h4H,1-3,5-7H2;1H3. The van der Waals surface area contributed by atoms with Gasteiger partial charge in [0, 0.05) is 0 Å². The normalized spacial score (nSPS) is 9.00. The van der Waals surface area contributed by atoms with Crippen molar-refractivity contribution in [3.05, 3.63) is 0 Å². The molecule has 0 spiro atoms. The lowest BCUT2D eigenvalue weighted by Crippen LogP contribution is -2.30. The highest BCUT2D eigenvalue weighted by atomic mass is 14.8. The zero-order valence-electron chi connectivity index (χ0n) is 5.14. The van der Waals surface area contributed by atoms with Crippen molar-refractivity contribution >= 4 is 0 Å². The van der Waals surface area contributed by atoms with Crippen LogP contribution in [0.4, 0.5) is 0 Å². The molecule has 0 saturated heterocycles. The van der Waals surface area contributed by atoms with Crippen LogP contribution < -0.4 is 23.4 Å². The second-order valence-corrected chi connectivity index (χ2v) is 1.59. The van der Waals surface area contributed by atoms with Gasteiger partial charge in [0.15, 0.2) is 0 Å². The van der Waals surface area contributed by atoms with Crippen molar-refractivity contribution in [1.29, 1.82) is 0 Å². The Kier molecular flexibility index (Phi) is 9.20. The van der Waals surface area contributed by atoms with Crippen LogP contribution in [0.15, 0.2) is 0 Å². The SMILES string of the molecule is N.NCCCC(N)N. The Bertz CT molecular complexity index is 37.0. The maximum Gasteiger partial charge on any atom is 0.0521 e. The lowest BCUT2D eigenvalue weighted by atomic mass is 10.3. The predicted molar refractivity (Wildman–Crippen MR) is 35.5 cm³/mol. The summed E-state index contributed by atoms with van der Waals surface area (Å²) in [6.07, 6.45) is 1.58. The molecule has 52 valence electrons. The van der Waals surface area contributed by atoms with E-state index >= 15 is 0 Å². The van der Waals surface area contributed by atoms with Gasteiger partial charge in [-0.25, -0.2) is 0 Å². The number of rotatable bonds is 3. The summed E-state index contributed by atoms with van der Waals surface area (Å²) in [6, 6.07) is 0. The monoisotopic (exact) mass is 120 g/mol. The van der Waals surface area contributed by atoms with Gasteiger partial charge in [-0.2, -0.15) is 0 Å². The zero-order chi connectivity index (χ0) is 5.70. The molecule has 0 amide bonds. The molecule has 0 rings (SSSR count). The van der Waals surface area contributed by atoms with Gasteiger partial charge in [0.1, 0.15) is 0 Å². The molecule has 0 bridgehead atoms. The quantitative estimate of drug-likeness (QED) is 0.362. The first kappa shape index (κ1) is 10.8. The molecule has 0 fully saturated rings. The van der Waals surface area contributed by atoms with Crippen molar-refractivity contribution in [1.82, 2.24) is 6.15 Å². The second kappa shape index (κ2) is 6.84. The van der Waals surface area contributed by atoms with Gasteiger partial charge in [0.05, 0.1) is 6.17 Å². The minimum Gasteiger partial charge on any atom is -0.344 e. The van der Waals surface area contributed by atoms with E-state index in [0.29, 0.717) is 6.54 Å².